The van der Waals surface area contributed by atoms with Crippen LogP contribution in [0.4, 0.5) is 0 Å². The highest BCUT2D eigenvalue weighted by Gasteiger charge is 2.29. The van der Waals surface area contributed by atoms with Crippen LogP contribution in [0, 0.1) is 6.92 Å². The predicted molar refractivity (Wildman–Crippen MR) is 120 cm³/mol. The van der Waals surface area contributed by atoms with Crippen LogP contribution in [0.15, 0.2) is 84.1 Å². The Morgan fingerprint density at radius 1 is 1.00 bits per heavy atom. The molecule has 0 amide bonds. The number of fused-ring (bicyclic) bond motifs is 2. The summed E-state index contributed by atoms with van der Waals surface area (Å²) in [6, 6.07) is 19.7. The van der Waals surface area contributed by atoms with E-state index in [0.29, 0.717) is 22.6 Å². The number of hydrogen-bond donors (Lipinski definition) is 0. The van der Waals surface area contributed by atoms with E-state index in [-0.39, 0.29) is 17.6 Å². The van der Waals surface area contributed by atoms with Gasteiger partial charge in [-0.05, 0) is 61.4 Å². The van der Waals surface area contributed by atoms with E-state index in [1.54, 1.807) is 36.4 Å². The minimum Gasteiger partial charge on any atom is -0.485 e. The van der Waals surface area contributed by atoms with Gasteiger partial charge >= 0.3 is 5.97 Å². The van der Waals surface area contributed by atoms with Crippen molar-refractivity contribution in [1.29, 1.82) is 0 Å². The molecule has 0 N–H and O–H groups in total. The quantitative estimate of drug-likeness (QED) is 0.314. The summed E-state index contributed by atoms with van der Waals surface area (Å²) in [6.07, 6.45) is 3.48. The number of Topliss-reactive ketones (excluding diaryl/α,β-unsaturated/α-hetero) is 1. The fraction of sp³-hybridized carbons (Fsp3) is 0.111. The highest BCUT2D eigenvalue weighted by Crippen LogP contribution is 2.36. The molecule has 3 aromatic rings. The van der Waals surface area contributed by atoms with Gasteiger partial charge in [0.15, 0.2) is 5.76 Å². The first-order valence-electron chi connectivity index (χ1n) is 10.3. The molecular formula is C27H20O5. The molecule has 5 rings (SSSR count). The van der Waals surface area contributed by atoms with Gasteiger partial charge in [0.2, 0.25) is 5.78 Å². The van der Waals surface area contributed by atoms with Crippen molar-refractivity contribution in [3.63, 3.8) is 0 Å². The number of allylic oxidation sites excluding steroid dienone is 1. The van der Waals surface area contributed by atoms with E-state index < -0.39 is 5.97 Å². The van der Waals surface area contributed by atoms with E-state index in [1.165, 1.54) is 0 Å². The SMILES string of the molecule is Cc1ccccc1C(=O)Oc1ccc2c(c1)O/C(=C\C1=Cc3ccccc3O[C@H]1C)C2=O. The number of ketones is 1. The fourth-order valence-corrected chi connectivity index (χ4v) is 3.77. The average Bonchev–Trinajstić information content (AvgIpc) is 3.09. The number of aryl methyl sites for hydroxylation is 1. The standard InChI is InChI=1S/C27H20O5/c1-16-7-3-5-9-21(16)27(29)31-20-11-12-22-24(15-20)32-25(26(22)28)14-19-13-18-8-4-6-10-23(18)30-17(19)2/h3-15,17H,1-2H3/b25-14-/t17-/m0/s1. The Labute approximate surface area is 185 Å². The van der Waals surface area contributed by atoms with Crippen molar-refractivity contribution in [2.75, 3.05) is 0 Å². The number of para-hydroxylation sites is 1. The molecule has 158 valence electrons. The van der Waals surface area contributed by atoms with E-state index in [1.807, 2.05) is 56.3 Å². The molecule has 0 radical (unpaired) electrons. The number of benzene rings is 3. The van der Waals surface area contributed by atoms with Crippen LogP contribution in [-0.4, -0.2) is 17.9 Å². The summed E-state index contributed by atoms with van der Waals surface area (Å²) in [4.78, 5) is 25.4. The largest absolute Gasteiger partial charge is 0.485 e. The molecule has 5 nitrogen and oxygen atoms in total. The highest BCUT2D eigenvalue weighted by atomic mass is 16.5. The van der Waals surface area contributed by atoms with Gasteiger partial charge in [0.1, 0.15) is 23.4 Å². The smallest absolute Gasteiger partial charge is 0.343 e. The van der Waals surface area contributed by atoms with Crippen molar-refractivity contribution in [2.24, 2.45) is 0 Å². The van der Waals surface area contributed by atoms with E-state index >= 15 is 0 Å². The number of ether oxygens (including phenoxy) is 3. The van der Waals surface area contributed by atoms with E-state index in [0.717, 1.165) is 22.4 Å². The lowest BCUT2D eigenvalue weighted by molar-refractivity contribution is 0.0733. The Bertz CT molecular complexity index is 1320. The van der Waals surface area contributed by atoms with Gasteiger partial charge in [0, 0.05) is 11.6 Å². The van der Waals surface area contributed by atoms with Crippen LogP contribution in [0.5, 0.6) is 17.2 Å². The van der Waals surface area contributed by atoms with E-state index in [4.69, 9.17) is 14.2 Å². The minimum atomic E-state index is -0.458. The first kappa shape index (κ1) is 19.8. The van der Waals surface area contributed by atoms with Crippen LogP contribution < -0.4 is 14.2 Å². The lowest BCUT2D eigenvalue weighted by atomic mass is 10.0. The fourth-order valence-electron chi connectivity index (χ4n) is 3.77. The number of carbonyl (C=O) groups excluding carboxylic acids is 2. The molecule has 2 heterocycles. The van der Waals surface area contributed by atoms with Gasteiger partial charge in [0.05, 0.1) is 11.1 Å². The number of carbonyl (C=O) groups is 2. The van der Waals surface area contributed by atoms with E-state index in [9.17, 15) is 9.59 Å². The lowest BCUT2D eigenvalue weighted by Gasteiger charge is -2.22. The zero-order valence-electron chi connectivity index (χ0n) is 17.6. The maximum absolute atomic E-state index is 12.9. The first-order chi connectivity index (χ1) is 15.5. The molecule has 1 atom stereocenters. The molecule has 0 aliphatic carbocycles. The first-order valence-corrected chi connectivity index (χ1v) is 10.3. The molecule has 5 heteroatoms. The topological polar surface area (TPSA) is 61.8 Å². The van der Waals surface area contributed by atoms with Crippen LogP contribution in [-0.2, 0) is 0 Å². The second-order valence-corrected chi connectivity index (χ2v) is 7.74. The van der Waals surface area contributed by atoms with Crippen molar-refractivity contribution in [2.45, 2.75) is 20.0 Å². The van der Waals surface area contributed by atoms with Gasteiger partial charge in [-0.15, -0.1) is 0 Å². The molecule has 0 bridgehead atoms. The van der Waals surface area contributed by atoms with Gasteiger partial charge in [-0.1, -0.05) is 36.4 Å². The molecule has 0 unspecified atom stereocenters. The van der Waals surface area contributed by atoms with Gasteiger partial charge in [-0.25, -0.2) is 4.79 Å². The van der Waals surface area contributed by atoms with Gasteiger partial charge in [-0.3, -0.25) is 4.79 Å². The van der Waals surface area contributed by atoms with Crippen molar-refractivity contribution in [1.82, 2.24) is 0 Å². The maximum atomic E-state index is 12.9. The zero-order valence-corrected chi connectivity index (χ0v) is 17.6. The molecule has 32 heavy (non-hydrogen) atoms. The third-order valence-electron chi connectivity index (χ3n) is 5.53. The summed E-state index contributed by atoms with van der Waals surface area (Å²) in [7, 11) is 0. The van der Waals surface area contributed by atoms with Crippen molar-refractivity contribution in [3.05, 3.63) is 106 Å². The number of hydrogen-bond acceptors (Lipinski definition) is 5. The van der Waals surface area contributed by atoms with E-state index in [2.05, 4.69) is 0 Å². The number of rotatable bonds is 3. The van der Waals surface area contributed by atoms with Crippen LogP contribution in [0.2, 0.25) is 0 Å². The van der Waals surface area contributed by atoms with Gasteiger partial charge < -0.3 is 14.2 Å². The predicted octanol–water partition coefficient (Wildman–Crippen LogP) is 5.54. The monoisotopic (exact) mass is 424 g/mol. The van der Waals surface area contributed by atoms with Gasteiger partial charge in [-0.2, -0.15) is 0 Å². The summed E-state index contributed by atoms with van der Waals surface area (Å²) in [5.74, 6) is 1.02. The molecule has 2 aliphatic heterocycles. The second kappa shape index (κ2) is 7.85. The second-order valence-electron chi connectivity index (χ2n) is 7.74. The minimum absolute atomic E-state index is 0.212. The average molecular weight is 424 g/mol. The summed E-state index contributed by atoms with van der Waals surface area (Å²) in [5.41, 5.74) is 3.53. The van der Waals surface area contributed by atoms with Crippen molar-refractivity contribution >= 4 is 17.8 Å². The zero-order chi connectivity index (χ0) is 22.2. The molecule has 2 aliphatic rings. The Kier molecular flexibility index (Phi) is 4.86. The molecule has 0 fully saturated rings. The van der Waals surface area contributed by atoms with Crippen molar-refractivity contribution in [3.8, 4) is 17.2 Å². The summed E-state index contributed by atoms with van der Waals surface area (Å²) in [6.45, 7) is 3.77. The van der Waals surface area contributed by atoms with Crippen LogP contribution in [0.25, 0.3) is 6.08 Å². The third-order valence-corrected chi connectivity index (χ3v) is 5.53. The maximum Gasteiger partial charge on any atom is 0.343 e. The normalized spacial score (nSPS) is 17.7. The molecule has 0 aromatic heterocycles. The van der Waals surface area contributed by atoms with Crippen molar-refractivity contribution < 1.29 is 23.8 Å². The van der Waals surface area contributed by atoms with Crippen LogP contribution in [0.3, 0.4) is 0 Å². The molecule has 3 aromatic carbocycles. The van der Waals surface area contributed by atoms with Gasteiger partial charge in [0.25, 0.3) is 0 Å². The molecule has 0 spiro atoms. The third kappa shape index (κ3) is 3.58. The molecular weight excluding hydrogens is 404 g/mol. The Hall–Kier alpha value is -4.12. The molecule has 0 saturated heterocycles. The van der Waals surface area contributed by atoms with Crippen LogP contribution >= 0.6 is 0 Å². The number of esters is 1. The molecule has 0 saturated carbocycles. The Morgan fingerprint density at radius 3 is 2.62 bits per heavy atom. The summed E-state index contributed by atoms with van der Waals surface area (Å²) < 4.78 is 17.3. The summed E-state index contributed by atoms with van der Waals surface area (Å²) >= 11 is 0. The summed E-state index contributed by atoms with van der Waals surface area (Å²) in [5, 5.41) is 0. The Balaban J connectivity index is 1.39. The van der Waals surface area contributed by atoms with Crippen LogP contribution in [0.1, 0.15) is 38.8 Å². The Morgan fingerprint density at radius 2 is 1.78 bits per heavy atom. The highest BCUT2D eigenvalue weighted by molar-refractivity contribution is 6.12. The lowest BCUT2D eigenvalue weighted by Crippen LogP contribution is -2.18.